The molecule has 1 fully saturated rings. The van der Waals surface area contributed by atoms with E-state index in [-0.39, 0.29) is 17.7 Å². The SMILES string of the molecule is CC(C)(C)c1ccc(C(=O)N[C@@H](Cc2ccc(-c3ncc(-c4ccc(OCCN5CCCCC5)cc4)cn3)cc2)C(=O)O)s1. The van der Waals surface area contributed by atoms with Crippen LogP contribution in [0.3, 0.4) is 0 Å². The summed E-state index contributed by atoms with van der Waals surface area (Å²) in [7, 11) is 0. The number of aliphatic carboxylic acids is 1. The lowest BCUT2D eigenvalue weighted by Crippen LogP contribution is -2.42. The summed E-state index contributed by atoms with van der Waals surface area (Å²) in [6.07, 6.45) is 7.66. The van der Waals surface area contributed by atoms with Crippen molar-refractivity contribution in [2.75, 3.05) is 26.2 Å². The maximum Gasteiger partial charge on any atom is 0.326 e. The van der Waals surface area contributed by atoms with Gasteiger partial charge in [0.05, 0.1) is 4.88 Å². The van der Waals surface area contributed by atoms with Gasteiger partial charge in [-0.3, -0.25) is 9.69 Å². The van der Waals surface area contributed by atoms with Crippen LogP contribution in [-0.4, -0.2) is 64.1 Å². The molecule has 2 N–H and O–H groups in total. The number of hydrogen-bond acceptors (Lipinski definition) is 7. The molecule has 2 aromatic heterocycles. The van der Waals surface area contributed by atoms with E-state index in [4.69, 9.17) is 4.74 Å². The van der Waals surface area contributed by atoms with Crippen LogP contribution in [0.25, 0.3) is 22.5 Å². The molecule has 0 bridgehead atoms. The summed E-state index contributed by atoms with van der Waals surface area (Å²) in [6, 6.07) is 18.1. The zero-order valence-electron chi connectivity index (χ0n) is 25.6. The second-order valence-electron chi connectivity index (χ2n) is 12.2. The topological polar surface area (TPSA) is 105 Å². The van der Waals surface area contributed by atoms with Gasteiger partial charge in [0.15, 0.2) is 5.82 Å². The summed E-state index contributed by atoms with van der Waals surface area (Å²) in [5, 5.41) is 12.5. The standard InChI is InChI=1S/C35H40N4O4S/c1-35(2,3)31-16-15-30(44-31)33(40)38-29(34(41)42)21-24-7-9-26(10-8-24)32-36-22-27(23-37-32)25-11-13-28(14-12-25)43-20-19-39-17-5-4-6-18-39/h7-16,22-23,29H,4-6,17-21H2,1-3H3,(H,38,40)(H,41,42)/t29-/m0/s1. The summed E-state index contributed by atoms with van der Waals surface area (Å²) < 4.78 is 5.95. The quantitative estimate of drug-likeness (QED) is 0.200. The minimum absolute atomic E-state index is 0.0752. The first-order valence-corrected chi connectivity index (χ1v) is 16.0. The zero-order chi connectivity index (χ0) is 31.1. The van der Waals surface area contributed by atoms with E-state index in [2.05, 4.69) is 41.0 Å². The molecule has 1 amide bonds. The molecule has 4 aromatic rings. The molecule has 0 radical (unpaired) electrons. The average Bonchev–Trinajstić information content (AvgIpc) is 3.54. The van der Waals surface area contributed by atoms with Crippen LogP contribution in [-0.2, 0) is 16.6 Å². The van der Waals surface area contributed by atoms with E-state index in [0.29, 0.717) is 17.3 Å². The third-order valence-electron chi connectivity index (χ3n) is 7.79. The number of aromatic nitrogens is 2. The molecule has 0 saturated carbocycles. The highest BCUT2D eigenvalue weighted by atomic mass is 32.1. The van der Waals surface area contributed by atoms with Crippen LogP contribution in [0.2, 0.25) is 0 Å². The predicted octanol–water partition coefficient (Wildman–Crippen LogP) is 6.46. The monoisotopic (exact) mass is 612 g/mol. The number of nitrogens with one attached hydrogen (secondary N) is 1. The summed E-state index contributed by atoms with van der Waals surface area (Å²) in [4.78, 5) is 37.9. The molecule has 0 aliphatic carbocycles. The second-order valence-corrected chi connectivity index (χ2v) is 13.3. The lowest BCUT2D eigenvalue weighted by Gasteiger charge is -2.26. The van der Waals surface area contributed by atoms with Crippen molar-refractivity contribution in [3.8, 4) is 28.3 Å². The number of carbonyl (C=O) groups is 2. The zero-order valence-corrected chi connectivity index (χ0v) is 26.4. The van der Waals surface area contributed by atoms with E-state index in [1.165, 1.54) is 43.7 Å². The normalized spacial score (nSPS) is 14.6. The molecule has 0 unspecified atom stereocenters. The van der Waals surface area contributed by atoms with Crippen molar-refractivity contribution in [2.45, 2.75) is 57.9 Å². The van der Waals surface area contributed by atoms with Crippen molar-refractivity contribution in [1.82, 2.24) is 20.2 Å². The molecule has 1 aliphatic rings. The van der Waals surface area contributed by atoms with Gasteiger partial charge in [0.1, 0.15) is 18.4 Å². The van der Waals surface area contributed by atoms with Gasteiger partial charge in [-0.05, 0) is 66.7 Å². The van der Waals surface area contributed by atoms with Gasteiger partial charge in [-0.15, -0.1) is 11.3 Å². The molecule has 1 saturated heterocycles. The minimum atomic E-state index is -1.08. The molecule has 230 valence electrons. The van der Waals surface area contributed by atoms with Crippen molar-refractivity contribution in [1.29, 1.82) is 0 Å². The summed E-state index contributed by atoms with van der Waals surface area (Å²) in [5.74, 6) is -0.0216. The van der Waals surface area contributed by atoms with Gasteiger partial charge < -0.3 is 15.2 Å². The van der Waals surface area contributed by atoms with E-state index in [9.17, 15) is 14.7 Å². The smallest absolute Gasteiger partial charge is 0.326 e. The van der Waals surface area contributed by atoms with Crippen molar-refractivity contribution in [2.24, 2.45) is 0 Å². The van der Waals surface area contributed by atoms with Crippen LogP contribution in [0.4, 0.5) is 0 Å². The first-order valence-electron chi connectivity index (χ1n) is 15.2. The van der Waals surface area contributed by atoms with Crippen LogP contribution in [0.1, 0.15) is 60.1 Å². The molecular weight excluding hydrogens is 572 g/mol. The van der Waals surface area contributed by atoms with E-state index < -0.39 is 12.0 Å². The van der Waals surface area contributed by atoms with Gasteiger partial charge in [0, 0.05) is 41.4 Å². The Morgan fingerprint density at radius 3 is 2.18 bits per heavy atom. The fraction of sp³-hybridized carbons (Fsp3) is 0.371. The van der Waals surface area contributed by atoms with Crippen LogP contribution in [0, 0.1) is 0 Å². The number of thiophene rings is 1. The van der Waals surface area contributed by atoms with Gasteiger partial charge in [-0.2, -0.15) is 0 Å². The number of carbonyl (C=O) groups excluding carboxylic acids is 1. The third-order valence-corrected chi connectivity index (χ3v) is 9.30. The third kappa shape index (κ3) is 8.30. The highest BCUT2D eigenvalue weighted by Crippen LogP contribution is 2.29. The van der Waals surface area contributed by atoms with Crippen LogP contribution in [0.5, 0.6) is 5.75 Å². The molecule has 3 heterocycles. The number of nitrogens with zero attached hydrogens (tertiary/aromatic N) is 3. The maximum absolute atomic E-state index is 12.8. The number of amides is 1. The van der Waals surface area contributed by atoms with E-state index in [1.54, 1.807) is 18.5 Å². The van der Waals surface area contributed by atoms with Crippen LogP contribution < -0.4 is 10.1 Å². The maximum atomic E-state index is 12.8. The molecule has 8 nitrogen and oxygen atoms in total. The number of likely N-dealkylation sites (tertiary alicyclic amines) is 1. The molecule has 9 heteroatoms. The van der Waals surface area contributed by atoms with Crippen molar-refractivity contribution < 1.29 is 19.4 Å². The van der Waals surface area contributed by atoms with Gasteiger partial charge >= 0.3 is 5.97 Å². The summed E-state index contributed by atoms with van der Waals surface area (Å²) in [6.45, 7) is 10.2. The number of carboxylic acid groups (broad SMARTS) is 1. The number of benzene rings is 2. The van der Waals surface area contributed by atoms with Gasteiger partial charge in [-0.25, -0.2) is 14.8 Å². The van der Waals surface area contributed by atoms with E-state index in [1.807, 2.05) is 54.6 Å². The number of carboxylic acids is 1. The predicted molar refractivity (Wildman–Crippen MR) is 174 cm³/mol. The number of piperidine rings is 1. The number of rotatable bonds is 11. The van der Waals surface area contributed by atoms with Crippen molar-refractivity contribution in [3.63, 3.8) is 0 Å². The molecule has 2 aromatic carbocycles. The fourth-order valence-corrected chi connectivity index (χ4v) is 6.13. The molecule has 1 aliphatic heterocycles. The molecule has 5 rings (SSSR count). The summed E-state index contributed by atoms with van der Waals surface area (Å²) in [5.41, 5.74) is 3.45. The van der Waals surface area contributed by atoms with Gasteiger partial charge in [-0.1, -0.05) is 63.6 Å². The van der Waals surface area contributed by atoms with Crippen molar-refractivity contribution in [3.05, 3.63) is 88.4 Å². The van der Waals surface area contributed by atoms with Gasteiger partial charge in [0.25, 0.3) is 5.91 Å². The first-order chi connectivity index (χ1) is 21.2. The average molecular weight is 613 g/mol. The lowest BCUT2D eigenvalue weighted by atomic mass is 9.95. The van der Waals surface area contributed by atoms with E-state index in [0.717, 1.165) is 39.4 Å². The Kier molecular flexibility index (Phi) is 10.1. The molecular formula is C35H40N4O4S. The molecule has 0 spiro atoms. The second kappa shape index (κ2) is 14.1. The Balaban J connectivity index is 1.15. The Morgan fingerprint density at radius 1 is 0.909 bits per heavy atom. The summed E-state index contributed by atoms with van der Waals surface area (Å²) >= 11 is 1.39. The highest BCUT2D eigenvalue weighted by Gasteiger charge is 2.24. The number of ether oxygens (including phenoxy) is 1. The number of hydrogen-bond donors (Lipinski definition) is 2. The van der Waals surface area contributed by atoms with Crippen LogP contribution >= 0.6 is 11.3 Å². The fourth-order valence-electron chi connectivity index (χ4n) is 5.16. The Bertz CT molecular complexity index is 1540. The molecule has 1 atom stereocenters. The highest BCUT2D eigenvalue weighted by molar-refractivity contribution is 7.14. The first kappa shape index (κ1) is 31.3. The van der Waals surface area contributed by atoms with Crippen LogP contribution in [0.15, 0.2) is 73.1 Å². The lowest BCUT2D eigenvalue weighted by molar-refractivity contribution is -0.139. The minimum Gasteiger partial charge on any atom is -0.492 e. The Morgan fingerprint density at radius 2 is 1.57 bits per heavy atom. The van der Waals surface area contributed by atoms with E-state index >= 15 is 0 Å². The Hall–Kier alpha value is -4.08. The largest absolute Gasteiger partial charge is 0.492 e. The van der Waals surface area contributed by atoms with Crippen molar-refractivity contribution >= 4 is 23.2 Å². The molecule has 44 heavy (non-hydrogen) atoms. The van der Waals surface area contributed by atoms with Gasteiger partial charge in [0.2, 0.25) is 0 Å². The Labute approximate surface area is 263 Å².